The third-order valence-electron chi connectivity index (χ3n) is 2.76. The quantitative estimate of drug-likeness (QED) is 0.615. The fourth-order valence-corrected chi connectivity index (χ4v) is 2.04. The van der Waals surface area contributed by atoms with E-state index in [-0.39, 0.29) is 0 Å². The third kappa shape index (κ3) is 3.76. The second kappa shape index (κ2) is 5.59. The molecular weight excluding hydrogens is 134 g/mol. The summed E-state index contributed by atoms with van der Waals surface area (Å²) in [6.07, 6.45) is 10.3. The van der Waals surface area contributed by atoms with E-state index in [4.69, 9.17) is 0 Å². The van der Waals surface area contributed by atoms with Crippen molar-refractivity contribution < 1.29 is 0 Å². The van der Waals surface area contributed by atoms with Crippen molar-refractivity contribution in [2.45, 2.75) is 44.9 Å². The van der Waals surface area contributed by atoms with E-state index in [2.05, 4.69) is 5.32 Å². The van der Waals surface area contributed by atoms with E-state index in [1.54, 1.807) is 0 Å². The van der Waals surface area contributed by atoms with Crippen molar-refractivity contribution in [1.29, 1.82) is 0 Å². The SMILES string of the molecule is CNCCCC1CCCCC1. The highest BCUT2D eigenvalue weighted by Gasteiger charge is 2.11. The van der Waals surface area contributed by atoms with Crippen molar-refractivity contribution in [2.24, 2.45) is 5.92 Å². The fraction of sp³-hybridized carbons (Fsp3) is 1.00. The molecule has 1 nitrogen and oxygen atoms in total. The summed E-state index contributed by atoms with van der Waals surface area (Å²) in [7, 11) is 2.04. The Labute approximate surface area is 70.6 Å². The van der Waals surface area contributed by atoms with Crippen molar-refractivity contribution in [1.82, 2.24) is 5.32 Å². The third-order valence-corrected chi connectivity index (χ3v) is 2.76. The second-order valence-corrected chi connectivity index (χ2v) is 3.75. The van der Waals surface area contributed by atoms with Gasteiger partial charge in [0, 0.05) is 0 Å². The first-order chi connectivity index (χ1) is 5.43. The average Bonchev–Trinajstić information content (AvgIpc) is 2.07. The molecule has 1 fully saturated rings. The van der Waals surface area contributed by atoms with Crippen LogP contribution >= 0.6 is 0 Å². The maximum absolute atomic E-state index is 3.21. The van der Waals surface area contributed by atoms with Crippen LogP contribution in [0.1, 0.15) is 44.9 Å². The standard InChI is InChI=1S/C10H21N/c1-11-9-5-8-10-6-3-2-4-7-10/h10-11H,2-9H2,1H3. The Morgan fingerprint density at radius 3 is 2.55 bits per heavy atom. The highest BCUT2D eigenvalue weighted by Crippen LogP contribution is 2.26. The van der Waals surface area contributed by atoms with Crippen molar-refractivity contribution in [3.05, 3.63) is 0 Å². The maximum atomic E-state index is 3.21. The van der Waals surface area contributed by atoms with E-state index in [0.29, 0.717) is 0 Å². The van der Waals surface area contributed by atoms with Gasteiger partial charge < -0.3 is 5.32 Å². The first-order valence-corrected chi connectivity index (χ1v) is 5.08. The summed E-state index contributed by atoms with van der Waals surface area (Å²) in [5.74, 6) is 1.07. The molecule has 0 radical (unpaired) electrons. The summed E-state index contributed by atoms with van der Waals surface area (Å²) >= 11 is 0. The van der Waals surface area contributed by atoms with Crippen molar-refractivity contribution in [3.8, 4) is 0 Å². The van der Waals surface area contributed by atoms with Gasteiger partial charge in [-0.05, 0) is 32.4 Å². The minimum atomic E-state index is 1.07. The predicted molar refractivity (Wildman–Crippen MR) is 49.7 cm³/mol. The van der Waals surface area contributed by atoms with Gasteiger partial charge in [-0.1, -0.05) is 32.1 Å². The van der Waals surface area contributed by atoms with Crippen LogP contribution in [0.4, 0.5) is 0 Å². The normalized spacial score (nSPS) is 20.5. The van der Waals surface area contributed by atoms with E-state index < -0.39 is 0 Å². The van der Waals surface area contributed by atoms with Gasteiger partial charge in [0.2, 0.25) is 0 Å². The second-order valence-electron chi connectivity index (χ2n) is 3.75. The Morgan fingerprint density at radius 2 is 1.91 bits per heavy atom. The Kier molecular flexibility index (Phi) is 4.60. The predicted octanol–water partition coefficient (Wildman–Crippen LogP) is 2.57. The molecule has 0 unspecified atom stereocenters. The van der Waals surface area contributed by atoms with Crippen LogP contribution in [0.3, 0.4) is 0 Å². The maximum Gasteiger partial charge on any atom is -0.00518 e. The molecule has 0 bridgehead atoms. The van der Waals surface area contributed by atoms with Crippen LogP contribution in [0.2, 0.25) is 0 Å². The molecule has 0 amide bonds. The zero-order valence-electron chi connectivity index (χ0n) is 7.73. The van der Waals surface area contributed by atoms with Crippen molar-refractivity contribution in [2.75, 3.05) is 13.6 Å². The van der Waals surface area contributed by atoms with Gasteiger partial charge >= 0.3 is 0 Å². The van der Waals surface area contributed by atoms with Crippen LogP contribution in [0.25, 0.3) is 0 Å². The number of rotatable bonds is 4. The summed E-state index contributed by atoms with van der Waals surface area (Å²) in [5.41, 5.74) is 0. The van der Waals surface area contributed by atoms with Crippen molar-refractivity contribution in [3.63, 3.8) is 0 Å². The molecule has 1 rings (SSSR count). The van der Waals surface area contributed by atoms with Gasteiger partial charge in [-0.15, -0.1) is 0 Å². The molecular formula is C10H21N. The molecule has 0 aromatic heterocycles. The van der Waals surface area contributed by atoms with E-state index in [1.165, 1.54) is 51.5 Å². The molecule has 0 saturated heterocycles. The van der Waals surface area contributed by atoms with Crippen LogP contribution in [0.15, 0.2) is 0 Å². The van der Waals surface area contributed by atoms with Gasteiger partial charge in [0.05, 0.1) is 0 Å². The molecule has 1 N–H and O–H groups in total. The molecule has 11 heavy (non-hydrogen) atoms. The monoisotopic (exact) mass is 155 g/mol. The summed E-state index contributed by atoms with van der Waals surface area (Å²) in [5, 5.41) is 3.21. The number of hydrogen-bond donors (Lipinski definition) is 1. The molecule has 0 aromatic carbocycles. The van der Waals surface area contributed by atoms with Gasteiger partial charge in [0.15, 0.2) is 0 Å². The summed E-state index contributed by atoms with van der Waals surface area (Å²) in [4.78, 5) is 0. The topological polar surface area (TPSA) is 12.0 Å². The zero-order chi connectivity index (χ0) is 7.94. The molecule has 1 saturated carbocycles. The molecule has 0 spiro atoms. The van der Waals surface area contributed by atoms with E-state index in [0.717, 1.165) is 5.92 Å². The van der Waals surface area contributed by atoms with E-state index in [1.807, 2.05) is 7.05 Å². The number of nitrogens with one attached hydrogen (secondary N) is 1. The van der Waals surface area contributed by atoms with Crippen LogP contribution in [-0.4, -0.2) is 13.6 Å². The lowest BCUT2D eigenvalue weighted by Crippen LogP contribution is -2.11. The first-order valence-electron chi connectivity index (χ1n) is 5.08. The summed E-state index contributed by atoms with van der Waals surface area (Å²) in [6, 6.07) is 0. The molecule has 0 aliphatic heterocycles. The fourth-order valence-electron chi connectivity index (χ4n) is 2.04. The Balaban J connectivity index is 1.96. The van der Waals surface area contributed by atoms with Gasteiger partial charge in [-0.3, -0.25) is 0 Å². The van der Waals surface area contributed by atoms with Gasteiger partial charge in [-0.2, -0.15) is 0 Å². The Hall–Kier alpha value is -0.0400. The van der Waals surface area contributed by atoms with Gasteiger partial charge in [-0.25, -0.2) is 0 Å². The lowest BCUT2D eigenvalue weighted by atomic mass is 9.86. The molecule has 1 aliphatic carbocycles. The molecule has 0 aromatic rings. The van der Waals surface area contributed by atoms with Gasteiger partial charge in [0.1, 0.15) is 0 Å². The molecule has 0 heterocycles. The highest BCUT2D eigenvalue weighted by atomic mass is 14.8. The molecule has 1 heteroatoms. The Bertz CT molecular complexity index is 84.9. The minimum absolute atomic E-state index is 1.07. The minimum Gasteiger partial charge on any atom is -0.320 e. The molecule has 66 valence electrons. The van der Waals surface area contributed by atoms with Crippen LogP contribution in [-0.2, 0) is 0 Å². The first kappa shape index (κ1) is 9.05. The Morgan fingerprint density at radius 1 is 1.18 bits per heavy atom. The zero-order valence-corrected chi connectivity index (χ0v) is 7.73. The average molecular weight is 155 g/mol. The molecule has 0 atom stereocenters. The van der Waals surface area contributed by atoms with Crippen LogP contribution in [0, 0.1) is 5.92 Å². The van der Waals surface area contributed by atoms with Crippen LogP contribution in [0.5, 0.6) is 0 Å². The lowest BCUT2D eigenvalue weighted by molar-refractivity contribution is 0.331. The largest absolute Gasteiger partial charge is 0.320 e. The highest BCUT2D eigenvalue weighted by molar-refractivity contribution is 4.65. The number of hydrogen-bond acceptors (Lipinski definition) is 1. The van der Waals surface area contributed by atoms with Crippen molar-refractivity contribution >= 4 is 0 Å². The van der Waals surface area contributed by atoms with Gasteiger partial charge in [0.25, 0.3) is 0 Å². The summed E-state index contributed by atoms with van der Waals surface area (Å²) < 4.78 is 0. The van der Waals surface area contributed by atoms with E-state index >= 15 is 0 Å². The van der Waals surface area contributed by atoms with E-state index in [9.17, 15) is 0 Å². The van der Waals surface area contributed by atoms with Crippen LogP contribution < -0.4 is 5.32 Å². The smallest absolute Gasteiger partial charge is 0.00518 e. The summed E-state index contributed by atoms with van der Waals surface area (Å²) in [6.45, 7) is 1.20. The lowest BCUT2D eigenvalue weighted by Gasteiger charge is -2.21. The molecule has 1 aliphatic rings.